The molecule has 1 aromatic carbocycles. The van der Waals surface area contributed by atoms with Crippen molar-refractivity contribution in [2.45, 2.75) is 83.6 Å². The zero-order chi connectivity index (χ0) is 21.9. The summed E-state index contributed by atoms with van der Waals surface area (Å²) in [5, 5.41) is 3.23. The van der Waals surface area contributed by atoms with Crippen molar-refractivity contribution in [3.8, 4) is 5.75 Å². The van der Waals surface area contributed by atoms with E-state index in [-0.39, 0.29) is 24.5 Å². The molecule has 31 heavy (non-hydrogen) atoms. The number of urea groups is 1. The maximum atomic E-state index is 12.8. The molecule has 0 atom stereocenters. The molecule has 1 N–H and O–H groups in total. The largest absolute Gasteiger partial charge is 0.494 e. The summed E-state index contributed by atoms with van der Waals surface area (Å²) >= 11 is 0. The van der Waals surface area contributed by atoms with Crippen molar-refractivity contribution in [3.63, 3.8) is 0 Å². The first-order chi connectivity index (χ1) is 15.2. The number of rotatable bonds is 6. The molecule has 172 valence electrons. The zero-order valence-electron chi connectivity index (χ0n) is 19.1. The molecule has 3 rings (SSSR count). The van der Waals surface area contributed by atoms with Gasteiger partial charge in [-0.15, -0.1) is 0 Å². The summed E-state index contributed by atoms with van der Waals surface area (Å²) < 4.78 is 5.47. The fraction of sp³-hybridized carbons (Fsp3) is 0.680. The van der Waals surface area contributed by atoms with Crippen molar-refractivity contribution in [3.05, 3.63) is 24.3 Å². The summed E-state index contributed by atoms with van der Waals surface area (Å²) in [5.74, 6) is 0.769. The van der Waals surface area contributed by atoms with Gasteiger partial charge >= 0.3 is 6.03 Å². The Labute approximate surface area is 187 Å². The Morgan fingerprint density at radius 3 is 2.10 bits per heavy atom. The minimum atomic E-state index is -0.0991. The van der Waals surface area contributed by atoms with Crippen LogP contribution in [0.4, 0.5) is 10.5 Å². The van der Waals surface area contributed by atoms with Crippen molar-refractivity contribution in [1.82, 2.24) is 10.2 Å². The van der Waals surface area contributed by atoms with E-state index in [4.69, 9.17) is 4.74 Å². The number of carbonyl (C=O) groups excluding carboxylic acids is 2. The van der Waals surface area contributed by atoms with Crippen molar-refractivity contribution in [1.29, 1.82) is 0 Å². The third kappa shape index (κ3) is 7.44. The second kappa shape index (κ2) is 12.6. The van der Waals surface area contributed by atoms with Crippen LogP contribution in [0.25, 0.3) is 0 Å². The van der Waals surface area contributed by atoms with E-state index in [1.807, 2.05) is 31.2 Å². The zero-order valence-corrected chi connectivity index (χ0v) is 19.1. The number of nitrogens with one attached hydrogen (secondary N) is 1. The molecule has 1 heterocycles. The third-order valence-electron chi connectivity index (χ3n) is 6.36. The maximum absolute atomic E-state index is 12.8. The third-order valence-corrected chi connectivity index (χ3v) is 6.36. The van der Waals surface area contributed by atoms with Gasteiger partial charge in [-0.05, 0) is 44.0 Å². The molecule has 1 aromatic rings. The molecule has 0 bridgehead atoms. The molecule has 1 aliphatic carbocycles. The highest BCUT2D eigenvalue weighted by Gasteiger charge is 2.31. The van der Waals surface area contributed by atoms with Gasteiger partial charge in [0.1, 0.15) is 12.3 Å². The predicted octanol–water partition coefficient (Wildman–Crippen LogP) is 5.12. The van der Waals surface area contributed by atoms with E-state index in [1.165, 1.54) is 57.8 Å². The summed E-state index contributed by atoms with van der Waals surface area (Å²) in [6, 6.07) is 7.70. The molecule has 0 unspecified atom stereocenters. The Morgan fingerprint density at radius 2 is 1.52 bits per heavy atom. The maximum Gasteiger partial charge on any atom is 0.325 e. The number of hydrogen-bond acceptors (Lipinski definition) is 3. The van der Waals surface area contributed by atoms with Crippen molar-refractivity contribution >= 4 is 17.6 Å². The quantitative estimate of drug-likeness (QED) is 0.683. The molecule has 1 saturated heterocycles. The number of carbonyl (C=O) groups is 2. The Morgan fingerprint density at radius 1 is 0.935 bits per heavy atom. The lowest BCUT2D eigenvalue weighted by Crippen LogP contribution is -2.43. The van der Waals surface area contributed by atoms with Crippen LogP contribution in [0.15, 0.2) is 24.3 Å². The Kier molecular flexibility index (Phi) is 9.50. The topological polar surface area (TPSA) is 61.9 Å². The van der Waals surface area contributed by atoms with Crippen LogP contribution in [-0.4, -0.2) is 49.1 Å². The van der Waals surface area contributed by atoms with Gasteiger partial charge < -0.3 is 15.0 Å². The molecule has 6 heteroatoms. The Balaban J connectivity index is 1.48. The SMILES string of the molecule is CCOc1ccc(N2CCN(CC(=O)NC3CCCCCCCCCCC3)C2=O)cc1. The van der Waals surface area contributed by atoms with Crippen LogP contribution < -0.4 is 15.0 Å². The fourth-order valence-electron chi connectivity index (χ4n) is 4.61. The molecular weight excluding hydrogens is 390 g/mol. The van der Waals surface area contributed by atoms with E-state index in [9.17, 15) is 9.59 Å². The molecule has 0 aromatic heterocycles. The highest BCUT2D eigenvalue weighted by molar-refractivity contribution is 5.96. The summed E-state index contributed by atoms with van der Waals surface area (Å²) in [6.07, 6.45) is 13.7. The number of hydrogen-bond donors (Lipinski definition) is 1. The number of anilines is 1. The predicted molar refractivity (Wildman–Crippen MR) is 125 cm³/mol. The van der Waals surface area contributed by atoms with Crippen molar-refractivity contribution in [2.75, 3.05) is 31.1 Å². The molecule has 6 nitrogen and oxygen atoms in total. The molecule has 3 amide bonds. The van der Waals surface area contributed by atoms with Crippen LogP contribution in [0.2, 0.25) is 0 Å². The lowest BCUT2D eigenvalue weighted by molar-refractivity contribution is -0.122. The van der Waals surface area contributed by atoms with Crippen LogP contribution in [0.1, 0.15) is 77.6 Å². The monoisotopic (exact) mass is 429 g/mol. The van der Waals surface area contributed by atoms with Gasteiger partial charge in [-0.2, -0.15) is 0 Å². The van der Waals surface area contributed by atoms with Crippen LogP contribution in [0.5, 0.6) is 5.75 Å². The van der Waals surface area contributed by atoms with Gasteiger partial charge in [0.2, 0.25) is 5.91 Å². The molecule has 2 aliphatic rings. The van der Waals surface area contributed by atoms with Gasteiger partial charge in [0.05, 0.1) is 6.61 Å². The minimum Gasteiger partial charge on any atom is -0.494 e. The normalized spacial score (nSPS) is 19.6. The molecule has 1 aliphatic heterocycles. The van der Waals surface area contributed by atoms with E-state index < -0.39 is 0 Å². The second-order valence-electron chi connectivity index (χ2n) is 8.81. The van der Waals surface area contributed by atoms with E-state index in [2.05, 4.69) is 5.32 Å². The molecule has 1 saturated carbocycles. The van der Waals surface area contributed by atoms with Crippen molar-refractivity contribution in [2.24, 2.45) is 0 Å². The first kappa shape index (κ1) is 23.4. The molecule has 0 spiro atoms. The highest BCUT2D eigenvalue weighted by atomic mass is 16.5. The van der Waals surface area contributed by atoms with Gasteiger partial charge in [0, 0.05) is 24.8 Å². The number of benzene rings is 1. The van der Waals surface area contributed by atoms with E-state index in [0.29, 0.717) is 19.7 Å². The number of ether oxygens (including phenoxy) is 1. The van der Waals surface area contributed by atoms with Gasteiger partial charge in [0.15, 0.2) is 0 Å². The molecule has 2 fully saturated rings. The fourth-order valence-corrected chi connectivity index (χ4v) is 4.61. The summed E-state index contributed by atoms with van der Waals surface area (Å²) in [7, 11) is 0. The van der Waals surface area contributed by atoms with Gasteiger partial charge in [-0.3, -0.25) is 9.69 Å². The van der Waals surface area contributed by atoms with E-state index in [1.54, 1.807) is 9.80 Å². The summed E-state index contributed by atoms with van der Waals surface area (Å²) in [5.41, 5.74) is 0.843. The standard InChI is InChI=1S/C25H39N3O3/c1-2-31-23-16-14-22(15-17-23)28-19-18-27(25(28)30)20-24(29)26-21-12-10-8-6-4-3-5-7-9-11-13-21/h14-17,21H,2-13,18-20H2,1H3,(H,26,29). The average Bonchev–Trinajstić information content (AvgIpc) is 3.11. The molecular formula is C25H39N3O3. The van der Waals surface area contributed by atoms with Crippen molar-refractivity contribution < 1.29 is 14.3 Å². The van der Waals surface area contributed by atoms with E-state index >= 15 is 0 Å². The number of amides is 3. The van der Waals surface area contributed by atoms with Crippen LogP contribution in [-0.2, 0) is 4.79 Å². The highest BCUT2D eigenvalue weighted by Crippen LogP contribution is 2.23. The minimum absolute atomic E-state index is 0.0287. The second-order valence-corrected chi connectivity index (χ2v) is 8.81. The molecule has 0 radical (unpaired) electrons. The smallest absolute Gasteiger partial charge is 0.325 e. The first-order valence-electron chi connectivity index (χ1n) is 12.3. The van der Waals surface area contributed by atoms with Gasteiger partial charge in [-0.1, -0.05) is 57.8 Å². The van der Waals surface area contributed by atoms with Gasteiger partial charge in [0.25, 0.3) is 0 Å². The lowest BCUT2D eigenvalue weighted by atomic mass is 9.98. The van der Waals surface area contributed by atoms with E-state index in [0.717, 1.165) is 24.3 Å². The average molecular weight is 430 g/mol. The lowest BCUT2D eigenvalue weighted by Gasteiger charge is -2.22. The van der Waals surface area contributed by atoms with Crippen LogP contribution >= 0.6 is 0 Å². The van der Waals surface area contributed by atoms with Crippen LogP contribution in [0.3, 0.4) is 0 Å². The van der Waals surface area contributed by atoms with Crippen LogP contribution in [0, 0.1) is 0 Å². The summed E-state index contributed by atoms with van der Waals surface area (Å²) in [6.45, 7) is 3.88. The van der Waals surface area contributed by atoms with Gasteiger partial charge in [-0.25, -0.2) is 4.79 Å². The number of nitrogens with zero attached hydrogens (tertiary/aromatic N) is 2. The first-order valence-corrected chi connectivity index (χ1v) is 12.3. The Bertz CT molecular complexity index is 680. The summed E-state index contributed by atoms with van der Waals surface area (Å²) in [4.78, 5) is 28.9. The Hall–Kier alpha value is -2.24.